The van der Waals surface area contributed by atoms with Gasteiger partial charge in [-0.3, -0.25) is 4.79 Å². The fraction of sp³-hybridized carbons (Fsp3) is 0.867. The summed E-state index contributed by atoms with van der Waals surface area (Å²) in [6, 6.07) is -0.716. The fourth-order valence-corrected chi connectivity index (χ4v) is 1.66. The molecule has 0 unspecified atom stereocenters. The van der Waals surface area contributed by atoms with E-state index in [4.69, 9.17) is 35.9 Å². The molecule has 156 valence electrons. The van der Waals surface area contributed by atoms with Gasteiger partial charge in [-0.15, -0.1) is 0 Å². The summed E-state index contributed by atoms with van der Waals surface area (Å²) in [5.74, 6) is -0.933. The molecule has 0 spiro atoms. The van der Waals surface area contributed by atoms with Gasteiger partial charge in [-0.1, -0.05) is 6.42 Å². The van der Waals surface area contributed by atoms with E-state index in [9.17, 15) is 4.79 Å². The first-order valence-corrected chi connectivity index (χ1v) is 8.65. The third kappa shape index (κ3) is 27.4. The van der Waals surface area contributed by atoms with Crippen molar-refractivity contribution >= 4 is 12.1 Å². The van der Waals surface area contributed by atoms with Crippen molar-refractivity contribution in [1.29, 1.82) is 0 Å². The van der Waals surface area contributed by atoms with E-state index in [2.05, 4.69) is 16.4 Å². The molecule has 1 atom stereocenters. The summed E-state index contributed by atoms with van der Waals surface area (Å²) in [5.41, 5.74) is 14.4. The number of unbranched alkanes of at least 4 members (excludes halogenated alkanes) is 1. The number of carboxylic acids is 1. The molecule has 2 heterocycles. The number of aliphatic carboxylic acids is 1. The van der Waals surface area contributed by atoms with Crippen LogP contribution in [-0.4, -0.2) is 87.5 Å². The van der Waals surface area contributed by atoms with Gasteiger partial charge >= 0.3 is 12.1 Å². The van der Waals surface area contributed by atoms with E-state index in [0.29, 0.717) is 13.0 Å². The Labute approximate surface area is 154 Å². The van der Waals surface area contributed by atoms with Crippen molar-refractivity contribution in [3.63, 3.8) is 0 Å². The van der Waals surface area contributed by atoms with Gasteiger partial charge in [-0.25, -0.2) is 4.79 Å². The Morgan fingerprint density at radius 1 is 0.923 bits per heavy atom. The van der Waals surface area contributed by atoms with E-state index < -0.39 is 18.1 Å². The number of hydrogen-bond acceptors (Lipinski definition) is 8. The highest BCUT2D eigenvalue weighted by Gasteiger charge is 2.09. The van der Waals surface area contributed by atoms with E-state index in [0.717, 1.165) is 65.4 Å². The molecule has 2 aliphatic heterocycles. The lowest BCUT2D eigenvalue weighted by atomic mass is 10.1. The number of nitrogens with two attached hydrogens (primary N) is 3. The highest BCUT2D eigenvalue weighted by atomic mass is 16.5. The first-order chi connectivity index (χ1) is 12.4. The summed E-state index contributed by atoms with van der Waals surface area (Å²) in [6.45, 7) is 8.27. The SMILES string of the molecule is C1COCCN1.C1COCCN1.NC(=O)O.NCCCC[C@H](N)C(=O)O. The third-order valence-electron chi connectivity index (χ3n) is 2.98. The Hall–Kier alpha value is -1.50. The van der Waals surface area contributed by atoms with Gasteiger partial charge in [-0.2, -0.15) is 0 Å². The molecule has 2 fully saturated rings. The zero-order valence-electron chi connectivity index (χ0n) is 15.3. The number of ether oxygens (including phenoxy) is 2. The summed E-state index contributed by atoms with van der Waals surface area (Å²) < 4.78 is 10.0. The number of primary amides is 1. The van der Waals surface area contributed by atoms with E-state index in [1.807, 2.05) is 0 Å². The van der Waals surface area contributed by atoms with Crippen molar-refractivity contribution < 1.29 is 29.3 Å². The van der Waals surface area contributed by atoms with Crippen molar-refractivity contribution in [3.05, 3.63) is 0 Å². The first-order valence-electron chi connectivity index (χ1n) is 8.65. The molecule has 2 saturated heterocycles. The topological polar surface area (TPSA) is 195 Å². The van der Waals surface area contributed by atoms with Gasteiger partial charge in [0.2, 0.25) is 0 Å². The maximum atomic E-state index is 10.1. The highest BCUT2D eigenvalue weighted by molar-refractivity contribution is 5.72. The minimum atomic E-state index is -1.33. The molecule has 0 radical (unpaired) electrons. The van der Waals surface area contributed by atoms with Crippen LogP contribution in [0.4, 0.5) is 4.79 Å². The Bertz CT molecular complexity index is 289. The lowest BCUT2D eigenvalue weighted by Gasteiger charge is -2.10. The largest absolute Gasteiger partial charge is 0.480 e. The van der Waals surface area contributed by atoms with Crippen LogP contribution in [-0.2, 0) is 14.3 Å². The number of carbonyl (C=O) groups is 2. The average Bonchev–Trinajstić information content (AvgIpc) is 2.65. The molecule has 0 aromatic heterocycles. The maximum absolute atomic E-state index is 10.1. The van der Waals surface area contributed by atoms with Crippen LogP contribution in [0, 0.1) is 0 Å². The summed E-state index contributed by atoms with van der Waals surface area (Å²) in [7, 11) is 0. The lowest BCUT2D eigenvalue weighted by Crippen LogP contribution is -2.30. The standard InChI is InChI=1S/C6H14N2O2.2C4H9NO.CH3NO2/c7-4-2-1-3-5(8)6(9)10;2*1-3-6-4-2-5-1;2-1(3)4/h5H,1-4,7-8H2,(H,9,10);2*5H,1-4H2;2H2,(H,3,4)/t5-;;;/m0.../s1. The second kappa shape index (κ2) is 21.5. The Morgan fingerprint density at radius 2 is 1.31 bits per heavy atom. The van der Waals surface area contributed by atoms with Crippen molar-refractivity contribution in [3.8, 4) is 0 Å². The second-order valence-electron chi connectivity index (χ2n) is 5.29. The van der Waals surface area contributed by atoms with Crippen LogP contribution in [0.5, 0.6) is 0 Å². The number of nitrogens with one attached hydrogen (secondary N) is 2. The van der Waals surface area contributed by atoms with E-state index >= 15 is 0 Å². The molecular formula is C15H35N5O6. The van der Waals surface area contributed by atoms with E-state index in [-0.39, 0.29) is 0 Å². The van der Waals surface area contributed by atoms with Gasteiger partial charge in [0, 0.05) is 26.2 Å². The Morgan fingerprint density at radius 3 is 1.50 bits per heavy atom. The van der Waals surface area contributed by atoms with Gasteiger partial charge in [0.15, 0.2) is 0 Å². The van der Waals surface area contributed by atoms with Crippen LogP contribution in [0.25, 0.3) is 0 Å². The summed E-state index contributed by atoms with van der Waals surface area (Å²) in [5, 5.41) is 21.8. The lowest BCUT2D eigenvalue weighted by molar-refractivity contribution is -0.138. The normalized spacial score (nSPS) is 17.0. The zero-order valence-corrected chi connectivity index (χ0v) is 15.3. The molecule has 0 aliphatic carbocycles. The van der Waals surface area contributed by atoms with E-state index in [1.165, 1.54) is 0 Å². The average molecular weight is 381 g/mol. The highest BCUT2D eigenvalue weighted by Crippen LogP contribution is 1.96. The molecule has 0 aromatic rings. The van der Waals surface area contributed by atoms with Crippen LogP contribution in [0.1, 0.15) is 19.3 Å². The molecule has 2 rings (SSSR count). The van der Waals surface area contributed by atoms with Crippen molar-refractivity contribution in [2.24, 2.45) is 17.2 Å². The van der Waals surface area contributed by atoms with Crippen molar-refractivity contribution in [1.82, 2.24) is 10.6 Å². The monoisotopic (exact) mass is 381 g/mol. The minimum absolute atomic E-state index is 0.520. The molecule has 0 saturated carbocycles. The maximum Gasteiger partial charge on any atom is 0.402 e. The van der Waals surface area contributed by atoms with E-state index in [1.54, 1.807) is 0 Å². The van der Waals surface area contributed by atoms with Gasteiger partial charge in [-0.05, 0) is 19.4 Å². The summed E-state index contributed by atoms with van der Waals surface area (Å²) in [4.78, 5) is 18.9. The molecule has 11 nitrogen and oxygen atoms in total. The number of rotatable bonds is 5. The van der Waals surface area contributed by atoms with Gasteiger partial charge in [0.1, 0.15) is 6.04 Å². The molecule has 26 heavy (non-hydrogen) atoms. The van der Waals surface area contributed by atoms with Crippen LogP contribution in [0.15, 0.2) is 0 Å². The van der Waals surface area contributed by atoms with Crippen molar-refractivity contribution in [2.75, 3.05) is 59.2 Å². The summed E-state index contributed by atoms with van der Waals surface area (Å²) in [6.07, 6.45) is 0.831. The first kappa shape index (κ1) is 26.7. The number of morpholine rings is 2. The fourth-order valence-electron chi connectivity index (χ4n) is 1.66. The van der Waals surface area contributed by atoms with Gasteiger partial charge < -0.3 is 47.5 Å². The minimum Gasteiger partial charge on any atom is -0.480 e. The predicted octanol–water partition coefficient (Wildman–Crippen LogP) is -1.64. The quantitative estimate of drug-likeness (QED) is 0.271. The smallest absolute Gasteiger partial charge is 0.402 e. The van der Waals surface area contributed by atoms with Crippen LogP contribution < -0.4 is 27.8 Å². The van der Waals surface area contributed by atoms with Crippen LogP contribution in [0.3, 0.4) is 0 Å². The van der Waals surface area contributed by atoms with Gasteiger partial charge in [0.25, 0.3) is 0 Å². The molecule has 2 aliphatic rings. The Balaban J connectivity index is 0. The van der Waals surface area contributed by atoms with Crippen LogP contribution in [0.2, 0.25) is 0 Å². The molecular weight excluding hydrogens is 346 g/mol. The molecule has 10 N–H and O–H groups in total. The number of hydrogen-bond donors (Lipinski definition) is 7. The summed E-state index contributed by atoms with van der Waals surface area (Å²) >= 11 is 0. The predicted molar refractivity (Wildman–Crippen MR) is 98.1 cm³/mol. The number of carboxylic acid groups (broad SMARTS) is 2. The van der Waals surface area contributed by atoms with Gasteiger partial charge in [0.05, 0.1) is 26.4 Å². The number of amides is 1. The van der Waals surface area contributed by atoms with Crippen LogP contribution >= 0.6 is 0 Å². The third-order valence-corrected chi connectivity index (χ3v) is 2.98. The zero-order chi connectivity index (χ0) is 20.0. The molecule has 0 aromatic carbocycles. The van der Waals surface area contributed by atoms with Crippen molar-refractivity contribution in [2.45, 2.75) is 25.3 Å². The Kier molecular flexibility index (Phi) is 22.1. The molecule has 0 bridgehead atoms. The molecule has 1 amide bonds. The molecule has 11 heteroatoms. The second-order valence-corrected chi connectivity index (χ2v) is 5.29.